The molecular formula is C14H12BrN3O2S. The number of aromatic nitrogens is 3. The first-order chi connectivity index (χ1) is 9.91. The van der Waals surface area contributed by atoms with E-state index in [-0.39, 0.29) is 4.90 Å². The van der Waals surface area contributed by atoms with Gasteiger partial charge in [0, 0.05) is 10.7 Å². The largest absolute Gasteiger partial charge is 0.269 e. The lowest BCUT2D eigenvalue weighted by Gasteiger charge is -2.07. The fourth-order valence-corrected chi connectivity index (χ4v) is 4.27. The van der Waals surface area contributed by atoms with Crippen molar-refractivity contribution in [1.29, 1.82) is 0 Å². The number of aryl methyl sites for hydroxylation is 2. The van der Waals surface area contributed by atoms with Gasteiger partial charge in [0.2, 0.25) is 0 Å². The monoisotopic (exact) mass is 365 g/mol. The number of benzene rings is 1. The van der Waals surface area contributed by atoms with Gasteiger partial charge in [-0.05, 0) is 41.9 Å². The van der Waals surface area contributed by atoms with Gasteiger partial charge in [0.15, 0.2) is 5.65 Å². The molecule has 0 aliphatic rings. The highest BCUT2D eigenvalue weighted by atomic mass is 79.9. The average molecular weight is 366 g/mol. The first-order valence-corrected chi connectivity index (χ1v) is 8.45. The van der Waals surface area contributed by atoms with Crippen molar-refractivity contribution >= 4 is 37.0 Å². The Morgan fingerprint density at radius 2 is 1.76 bits per heavy atom. The summed E-state index contributed by atoms with van der Waals surface area (Å²) in [7, 11) is -3.68. The lowest BCUT2D eigenvalue weighted by molar-refractivity contribution is 0.588. The van der Waals surface area contributed by atoms with E-state index >= 15 is 0 Å². The van der Waals surface area contributed by atoms with Gasteiger partial charge in [-0.15, -0.1) is 0 Å². The first kappa shape index (κ1) is 14.2. The van der Waals surface area contributed by atoms with E-state index in [2.05, 4.69) is 25.9 Å². The van der Waals surface area contributed by atoms with Gasteiger partial charge in [0.05, 0.1) is 16.0 Å². The molecule has 108 valence electrons. The minimum Gasteiger partial charge on any atom is -0.241 e. The third-order valence-electron chi connectivity index (χ3n) is 3.27. The summed E-state index contributed by atoms with van der Waals surface area (Å²) in [5.74, 6) is 0. The fourth-order valence-electron chi connectivity index (χ4n) is 2.14. The molecule has 0 unspecified atom stereocenters. The Bertz CT molecular complexity index is 931. The zero-order valence-corrected chi connectivity index (χ0v) is 13.8. The molecule has 0 spiro atoms. The third kappa shape index (κ3) is 2.26. The highest BCUT2D eigenvalue weighted by molar-refractivity contribution is 9.10. The molecule has 0 bridgehead atoms. The van der Waals surface area contributed by atoms with Gasteiger partial charge >= 0.3 is 0 Å². The van der Waals surface area contributed by atoms with Crippen molar-refractivity contribution in [1.82, 2.24) is 13.9 Å². The molecule has 3 aromatic rings. The van der Waals surface area contributed by atoms with E-state index in [4.69, 9.17) is 0 Å². The first-order valence-electron chi connectivity index (χ1n) is 6.21. The number of fused-ring (bicyclic) bond motifs is 1. The van der Waals surface area contributed by atoms with Crippen LogP contribution in [0, 0.1) is 13.8 Å². The van der Waals surface area contributed by atoms with E-state index in [0.29, 0.717) is 15.5 Å². The molecule has 0 atom stereocenters. The molecule has 1 aromatic carbocycles. The van der Waals surface area contributed by atoms with E-state index in [1.54, 1.807) is 24.3 Å². The zero-order valence-electron chi connectivity index (χ0n) is 11.4. The van der Waals surface area contributed by atoms with E-state index in [0.717, 1.165) is 11.3 Å². The van der Waals surface area contributed by atoms with Crippen LogP contribution in [0.5, 0.6) is 0 Å². The number of nitrogens with zero attached hydrogens (tertiary/aromatic N) is 3. The van der Waals surface area contributed by atoms with Crippen LogP contribution >= 0.6 is 15.9 Å². The normalized spacial score (nSPS) is 12.0. The van der Waals surface area contributed by atoms with Crippen LogP contribution in [0.25, 0.3) is 11.0 Å². The summed E-state index contributed by atoms with van der Waals surface area (Å²) in [5.41, 5.74) is 2.10. The fraction of sp³-hybridized carbons (Fsp3) is 0.143. The molecule has 0 saturated carbocycles. The van der Waals surface area contributed by atoms with Crippen molar-refractivity contribution in [3.63, 3.8) is 0 Å². The maximum atomic E-state index is 12.8. The Hall–Kier alpha value is -1.73. The van der Waals surface area contributed by atoms with Gasteiger partial charge in [0.1, 0.15) is 6.33 Å². The topological polar surface area (TPSA) is 64.8 Å². The van der Waals surface area contributed by atoms with E-state index in [1.807, 2.05) is 13.8 Å². The van der Waals surface area contributed by atoms with Gasteiger partial charge in [-0.3, -0.25) is 0 Å². The molecule has 3 rings (SSSR count). The molecule has 7 heteroatoms. The molecule has 0 aliphatic heterocycles. The van der Waals surface area contributed by atoms with Crippen LogP contribution in [-0.2, 0) is 10.0 Å². The van der Waals surface area contributed by atoms with E-state index in [9.17, 15) is 8.42 Å². The second-order valence-electron chi connectivity index (χ2n) is 4.75. The summed E-state index contributed by atoms with van der Waals surface area (Å²) >= 11 is 3.38. The van der Waals surface area contributed by atoms with Crippen molar-refractivity contribution in [2.24, 2.45) is 0 Å². The molecule has 0 fully saturated rings. The second kappa shape index (κ2) is 4.92. The molecule has 0 amide bonds. The third-order valence-corrected chi connectivity index (χ3v) is 5.54. The minimum absolute atomic E-state index is 0.230. The molecule has 0 aliphatic carbocycles. The highest BCUT2D eigenvalue weighted by Gasteiger charge is 2.22. The Balaban J connectivity index is 2.29. The van der Waals surface area contributed by atoms with Crippen LogP contribution in [0.15, 0.2) is 46.2 Å². The number of hydrogen-bond acceptors (Lipinski definition) is 4. The Morgan fingerprint density at radius 1 is 1.10 bits per heavy atom. The molecule has 2 aromatic heterocycles. The molecule has 5 nitrogen and oxygen atoms in total. The average Bonchev–Trinajstić information content (AvgIpc) is 2.79. The Labute approximate surface area is 130 Å². The molecule has 21 heavy (non-hydrogen) atoms. The highest BCUT2D eigenvalue weighted by Crippen LogP contribution is 2.29. The summed E-state index contributed by atoms with van der Waals surface area (Å²) < 4.78 is 27.4. The van der Waals surface area contributed by atoms with Crippen molar-refractivity contribution in [3.8, 4) is 0 Å². The van der Waals surface area contributed by atoms with Crippen molar-refractivity contribution in [2.45, 2.75) is 18.7 Å². The summed E-state index contributed by atoms with van der Waals surface area (Å²) in [4.78, 5) is 8.44. The summed E-state index contributed by atoms with van der Waals surface area (Å²) in [5, 5.41) is 0.702. The van der Waals surface area contributed by atoms with Crippen LogP contribution in [0.3, 0.4) is 0 Å². The summed E-state index contributed by atoms with van der Waals surface area (Å²) in [6.45, 7) is 3.73. The SMILES string of the molecule is Cc1ccc(S(=O)(=O)n2cc(Br)c3c(C)ncnc32)cc1. The van der Waals surface area contributed by atoms with Gasteiger partial charge in [-0.25, -0.2) is 22.4 Å². The maximum absolute atomic E-state index is 12.8. The number of halogens is 1. The van der Waals surface area contributed by atoms with Gasteiger partial charge < -0.3 is 0 Å². The Morgan fingerprint density at radius 3 is 2.43 bits per heavy atom. The van der Waals surface area contributed by atoms with Gasteiger partial charge in [-0.2, -0.15) is 0 Å². The smallest absolute Gasteiger partial charge is 0.241 e. The van der Waals surface area contributed by atoms with Crippen LogP contribution in [0.1, 0.15) is 11.3 Å². The van der Waals surface area contributed by atoms with Gasteiger partial charge in [-0.1, -0.05) is 17.7 Å². The summed E-state index contributed by atoms with van der Waals surface area (Å²) in [6, 6.07) is 6.73. The van der Waals surface area contributed by atoms with Crippen molar-refractivity contribution < 1.29 is 8.42 Å². The van der Waals surface area contributed by atoms with E-state index in [1.165, 1.54) is 16.5 Å². The molecule has 0 radical (unpaired) electrons. The van der Waals surface area contributed by atoms with Crippen molar-refractivity contribution in [3.05, 3.63) is 52.5 Å². The molecule has 0 N–H and O–H groups in total. The van der Waals surface area contributed by atoms with E-state index < -0.39 is 10.0 Å². The predicted molar refractivity (Wildman–Crippen MR) is 83.7 cm³/mol. The zero-order chi connectivity index (χ0) is 15.2. The quantitative estimate of drug-likeness (QED) is 0.699. The lowest BCUT2D eigenvalue weighted by atomic mass is 10.2. The maximum Gasteiger partial charge on any atom is 0.269 e. The van der Waals surface area contributed by atoms with Crippen molar-refractivity contribution in [2.75, 3.05) is 0 Å². The van der Waals surface area contributed by atoms with Crippen LogP contribution in [0.4, 0.5) is 0 Å². The number of hydrogen-bond donors (Lipinski definition) is 0. The second-order valence-corrected chi connectivity index (χ2v) is 7.42. The van der Waals surface area contributed by atoms with Crippen LogP contribution in [-0.4, -0.2) is 22.4 Å². The predicted octanol–water partition coefficient (Wildman–Crippen LogP) is 3.05. The standard InChI is InChI=1S/C14H12BrN3O2S/c1-9-3-5-11(6-4-9)21(19,20)18-7-12(15)13-10(2)16-8-17-14(13)18/h3-8H,1-2H3. The minimum atomic E-state index is -3.68. The van der Waals surface area contributed by atoms with Gasteiger partial charge in [0.25, 0.3) is 10.0 Å². The molecular weight excluding hydrogens is 354 g/mol. The molecule has 2 heterocycles. The number of rotatable bonds is 2. The molecule has 0 saturated heterocycles. The lowest BCUT2D eigenvalue weighted by Crippen LogP contribution is -2.12. The Kier molecular flexibility index (Phi) is 3.33. The van der Waals surface area contributed by atoms with Crippen LogP contribution in [0.2, 0.25) is 0 Å². The summed E-state index contributed by atoms with van der Waals surface area (Å²) in [6.07, 6.45) is 2.88. The van der Waals surface area contributed by atoms with Crippen LogP contribution < -0.4 is 0 Å².